The highest BCUT2D eigenvalue weighted by Gasteiger charge is 2.34. The summed E-state index contributed by atoms with van der Waals surface area (Å²) < 4.78 is 40.1. The van der Waals surface area contributed by atoms with Gasteiger partial charge in [0.2, 0.25) is 0 Å². The maximum atomic E-state index is 14.9. The van der Waals surface area contributed by atoms with Gasteiger partial charge >= 0.3 is 12.2 Å². The van der Waals surface area contributed by atoms with E-state index in [1.807, 2.05) is 0 Å². The van der Waals surface area contributed by atoms with E-state index < -0.39 is 35.5 Å². The minimum Gasteiger partial charge on any atom is -0.444 e. The molecule has 1 aromatic rings. The molecule has 0 radical (unpaired) electrons. The molecule has 2 amide bonds. The molecule has 2 aliphatic rings. The normalized spacial score (nSPS) is 19.3. The summed E-state index contributed by atoms with van der Waals surface area (Å²) in [5.41, 5.74) is 7.37. The first kappa shape index (κ1) is 23.4. The molecular weight excluding hydrogens is 430 g/mol. The van der Waals surface area contributed by atoms with E-state index >= 15 is 0 Å². The van der Waals surface area contributed by atoms with E-state index in [0.29, 0.717) is 0 Å². The van der Waals surface area contributed by atoms with Crippen molar-refractivity contribution in [3.8, 4) is 0 Å². The van der Waals surface area contributed by atoms with E-state index in [0.717, 1.165) is 22.1 Å². The fourth-order valence-corrected chi connectivity index (χ4v) is 3.29. The summed E-state index contributed by atoms with van der Waals surface area (Å²) in [6.07, 6.45) is -2.17. The van der Waals surface area contributed by atoms with Gasteiger partial charge in [-0.25, -0.2) is 18.4 Å². The second-order valence-electron chi connectivity index (χ2n) is 8.19. The van der Waals surface area contributed by atoms with E-state index in [-0.39, 0.29) is 50.7 Å². The summed E-state index contributed by atoms with van der Waals surface area (Å²) in [6.45, 7) is 5.36. The van der Waals surface area contributed by atoms with Crippen LogP contribution in [0.15, 0.2) is 17.2 Å². The molecule has 0 bridgehead atoms. The van der Waals surface area contributed by atoms with Crippen LogP contribution >= 0.6 is 0 Å². The monoisotopic (exact) mass is 454 g/mol. The van der Waals surface area contributed by atoms with E-state index in [4.69, 9.17) is 19.8 Å². The van der Waals surface area contributed by atoms with Crippen LogP contribution in [0.4, 0.5) is 29.7 Å². The van der Waals surface area contributed by atoms with Gasteiger partial charge in [0.1, 0.15) is 17.4 Å². The first-order chi connectivity index (χ1) is 15.1. The molecule has 2 aliphatic heterocycles. The van der Waals surface area contributed by atoms with E-state index in [9.17, 15) is 18.4 Å². The molecule has 0 aliphatic carbocycles. The quantitative estimate of drug-likeness (QED) is 0.389. The van der Waals surface area contributed by atoms with Crippen molar-refractivity contribution in [1.82, 2.24) is 5.06 Å². The predicted octanol–water partition coefficient (Wildman–Crippen LogP) is 3.59. The summed E-state index contributed by atoms with van der Waals surface area (Å²) in [4.78, 5) is 34.7. The first-order valence-electron chi connectivity index (χ1n) is 9.95. The van der Waals surface area contributed by atoms with Gasteiger partial charge in [0.05, 0.1) is 31.9 Å². The second kappa shape index (κ2) is 9.45. The Hall–Kier alpha value is -3.31. The number of benzene rings is 1. The SMILES string of the molecule is CC(C)(C)OC(=O)N1CCN(c2c(F)cc(N3C[C@H](CN=[N+]=[N-])OC3=O)cc2F)CCO1. The minimum atomic E-state index is -0.878. The van der Waals surface area contributed by atoms with E-state index in [1.165, 1.54) is 4.90 Å². The third-order valence-corrected chi connectivity index (χ3v) is 4.63. The van der Waals surface area contributed by atoms with Gasteiger partial charge in [-0.3, -0.25) is 9.74 Å². The smallest absolute Gasteiger partial charge is 0.434 e. The lowest BCUT2D eigenvalue weighted by atomic mass is 10.2. The molecule has 2 fully saturated rings. The summed E-state index contributed by atoms with van der Waals surface area (Å²) in [7, 11) is 0. The molecule has 3 rings (SSSR count). The Morgan fingerprint density at radius 1 is 1.28 bits per heavy atom. The molecule has 2 saturated heterocycles. The molecule has 13 heteroatoms. The number of hydroxylamine groups is 2. The lowest BCUT2D eigenvalue weighted by molar-refractivity contribution is -0.137. The number of carbonyl (C=O) groups is 2. The Kier molecular flexibility index (Phi) is 6.90. The summed E-state index contributed by atoms with van der Waals surface area (Å²) in [5, 5.41) is 4.37. The zero-order valence-electron chi connectivity index (χ0n) is 18.0. The van der Waals surface area contributed by atoms with Crippen molar-refractivity contribution in [2.75, 3.05) is 49.1 Å². The highest BCUT2D eigenvalue weighted by Crippen LogP contribution is 2.31. The fraction of sp³-hybridized carbons (Fsp3) is 0.579. The van der Waals surface area contributed by atoms with Crippen LogP contribution < -0.4 is 9.80 Å². The number of azide groups is 1. The van der Waals surface area contributed by atoms with Gasteiger partial charge in [0.25, 0.3) is 0 Å². The Morgan fingerprint density at radius 2 is 1.97 bits per heavy atom. The zero-order chi connectivity index (χ0) is 23.5. The lowest BCUT2D eigenvalue weighted by Crippen LogP contribution is -2.38. The third kappa shape index (κ3) is 5.48. The van der Waals surface area contributed by atoms with Crippen LogP contribution in [0.25, 0.3) is 10.4 Å². The number of halogens is 2. The van der Waals surface area contributed by atoms with Crippen molar-refractivity contribution in [3.63, 3.8) is 0 Å². The van der Waals surface area contributed by atoms with Gasteiger partial charge in [-0.15, -0.1) is 0 Å². The Labute approximate surface area is 183 Å². The molecule has 0 spiro atoms. The van der Waals surface area contributed by atoms with Gasteiger partial charge in [-0.2, -0.15) is 5.06 Å². The number of rotatable bonds is 4. The van der Waals surface area contributed by atoms with Crippen molar-refractivity contribution in [2.24, 2.45) is 5.11 Å². The molecule has 2 heterocycles. The molecule has 0 saturated carbocycles. The minimum absolute atomic E-state index is 0.00151. The molecule has 11 nitrogen and oxygen atoms in total. The van der Waals surface area contributed by atoms with Crippen LogP contribution in [0.2, 0.25) is 0 Å². The number of hydrogen-bond donors (Lipinski definition) is 0. The summed E-state index contributed by atoms with van der Waals surface area (Å²) in [6, 6.07) is 2.07. The summed E-state index contributed by atoms with van der Waals surface area (Å²) in [5.74, 6) is -1.76. The summed E-state index contributed by atoms with van der Waals surface area (Å²) >= 11 is 0. The van der Waals surface area contributed by atoms with Gasteiger partial charge < -0.3 is 14.4 Å². The van der Waals surface area contributed by atoms with Gasteiger partial charge in [-0.1, -0.05) is 5.11 Å². The van der Waals surface area contributed by atoms with Crippen molar-refractivity contribution < 1.29 is 32.7 Å². The molecule has 1 aromatic carbocycles. The van der Waals surface area contributed by atoms with Crippen LogP contribution in [-0.4, -0.2) is 68.3 Å². The maximum Gasteiger partial charge on any atom is 0.434 e. The molecule has 1 atom stereocenters. The maximum absolute atomic E-state index is 14.9. The number of carbonyl (C=O) groups excluding carboxylic acids is 2. The third-order valence-electron chi connectivity index (χ3n) is 4.63. The molecule has 0 aromatic heterocycles. The fourth-order valence-electron chi connectivity index (χ4n) is 3.29. The van der Waals surface area contributed by atoms with Crippen LogP contribution in [0.3, 0.4) is 0 Å². The van der Waals surface area contributed by atoms with Crippen LogP contribution in [0.5, 0.6) is 0 Å². The Balaban J connectivity index is 1.72. The van der Waals surface area contributed by atoms with Crippen LogP contribution in [-0.2, 0) is 14.3 Å². The second-order valence-corrected chi connectivity index (χ2v) is 8.19. The van der Waals surface area contributed by atoms with E-state index in [1.54, 1.807) is 20.8 Å². The number of nitrogens with zero attached hydrogens (tertiary/aromatic N) is 6. The van der Waals surface area contributed by atoms with Crippen molar-refractivity contribution in [3.05, 3.63) is 34.2 Å². The van der Waals surface area contributed by atoms with Gasteiger partial charge in [0.15, 0.2) is 11.6 Å². The Bertz CT molecular complexity index is 910. The van der Waals surface area contributed by atoms with Crippen LogP contribution in [0, 0.1) is 11.6 Å². The molecule has 0 unspecified atom stereocenters. The Morgan fingerprint density at radius 3 is 2.59 bits per heavy atom. The number of hydrogen-bond acceptors (Lipinski definition) is 7. The largest absolute Gasteiger partial charge is 0.444 e. The topological polar surface area (TPSA) is 120 Å². The number of ether oxygens (including phenoxy) is 2. The molecular formula is C19H24F2N6O5. The average Bonchev–Trinajstić information content (AvgIpc) is 2.90. The predicted molar refractivity (Wildman–Crippen MR) is 109 cm³/mol. The molecule has 0 N–H and O–H groups in total. The zero-order valence-corrected chi connectivity index (χ0v) is 18.0. The lowest BCUT2D eigenvalue weighted by Gasteiger charge is -2.26. The highest BCUT2D eigenvalue weighted by atomic mass is 19.1. The van der Waals surface area contributed by atoms with Crippen LogP contribution in [0.1, 0.15) is 20.8 Å². The molecule has 174 valence electrons. The number of cyclic esters (lactones) is 1. The van der Waals surface area contributed by atoms with E-state index in [2.05, 4.69) is 10.0 Å². The molecule has 32 heavy (non-hydrogen) atoms. The highest BCUT2D eigenvalue weighted by molar-refractivity contribution is 5.90. The average molecular weight is 454 g/mol. The van der Waals surface area contributed by atoms with Gasteiger partial charge in [0, 0.05) is 30.1 Å². The van der Waals surface area contributed by atoms with Crippen molar-refractivity contribution >= 4 is 23.6 Å². The first-order valence-corrected chi connectivity index (χ1v) is 9.95. The van der Waals surface area contributed by atoms with Crippen molar-refractivity contribution in [2.45, 2.75) is 32.5 Å². The number of amides is 2. The van der Waals surface area contributed by atoms with Gasteiger partial charge in [-0.05, 0) is 26.3 Å². The van der Waals surface area contributed by atoms with Crippen molar-refractivity contribution in [1.29, 1.82) is 0 Å². The standard InChI is InChI=1S/C19H24F2N6O5/c1-19(2,3)32-18(29)27-5-4-25(6-7-30-27)16-14(20)8-12(9-15(16)21)26-11-13(10-23-24-22)31-17(26)28/h8-9,13H,4-7,10-11H2,1-3H3/t13-/m0/s1. The number of anilines is 2.